The van der Waals surface area contributed by atoms with E-state index >= 15 is 0 Å². The standard InChI is InChI=1S/C18H19NO2/c1-2-15(12-6-4-3-5-7-12)18(21)13-8-9-16-14(10-13)11-17(20)19-16/h3-10,15,18,21H,2,11H2,1H3,(H,19,20). The van der Waals surface area contributed by atoms with Crippen molar-refractivity contribution in [3.63, 3.8) is 0 Å². The van der Waals surface area contributed by atoms with Crippen LogP contribution in [0.5, 0.6) is 0 Å². The molecule has 2 aromatic rings. The van der Waals surface area contributed by atoms with Crippen molar-refractivity contribution in [3.8, 4) is 0 Å². The average molecular weight is 281 g/mol. The molecule has 0 aromatic heterocycles. The number of amides is 1. The fraction of sp³-hybridized carbons (Fsp3) is 0.278. The highest BCUT2D eigenvalue weighted by molar-refractivity contribution is 5.99. The Kier molecular flexibility index (Phi) is 3.76. The molecule has 0 saturated heterocycles. The zero-order chi connectivity index (χ0) is 14.8. The molecular weight excluding hydrogens is 262 g/mol. The van der Waals surface area contributed by atoms with Gasteiger partial charge in [0.2, 0.25) is 5.91 Å². The Morgan fingerprint density at radius 3 is 2.62 bits per heavy atom. The molecule has 108 valence electrons. The van der Waals surface area contributed by atoms with Gasteiger partial charge in [0.15, 0.2) is 0 Å². The molecule has 1 aliphatic heterocycles. The monoisotopic (exact) mass is 281 g/mol. The lowest BCUT2D eigenvalue weighted by Crippen LogP contribution is -2.10. The Bertz CT molecular complexity index is 652. The first kappa shape index (κ1) is 13.8. The van der Waals surface area contributed by atoms with Crippen LogP contribution in [0.15, 0.2) is 48.5 Å². The molecule has 3 heteroatoms. The van der Waals surface area contributed by atoms with Crippen LogP contribution in [-0.4, -0.2) is 11.0 Å². The van der Waals surface area contributed by atoms with E-state index in [-0.39, 0.29) is 11.8 Å². The van der Waals surface area contributed by atoms with Crippen LogP contribution in [0.2, 0.25) is 0 Å². The number of benzene rings is 2. The zero-order valence-corrected chi connectivity index (χ0v) is 12.0. The van der Waals surface area contributed by atoms with Gasteiger partial charge in [0.25, 0.3) is 0 Å². The van der Waals surface area contributed by atoms with Gasteiger partial charge >= 0.3 is 0 Å². The summed E-state index contributed by atoms with van der Waals surface area (Å²) in [7, 11) is 0. The Labute approximate surface area is 124 Å². The van der Waals surface area contributed by atoms with Crippen molar-refractivity contribution in [2.24, 2.45) is 0 Å². The number of anilines is 1. The predicted octanol–water partition coefficient (Wildman–Crippen LogP) is 3.41. The highest BCUT2D eigenvalue weighted by Gasteiger charge is 2.24. The SMILES string of the molecule is CCC(c1ccccc1)C(O)c1ccc2c(c1)CC(=O)N2. The summed E-state index contributed by atoms with van der Waals surface area (Å²) in [6, 6.07) is 15.8. The summed E-state index contributed by atoms with van der Waals surface area (Å²) in [6.45, 7) is 2.08. The third-order valence-electron chi connectivity index (χ3n) is 4.14. The molecule has 1 heterocycles. The van der Waals surface area contributed by atoms with Gasteiger partial charge in [-0.05, 0) is 29.2 Å². The maximum absolute atomic E-state index is 11.4. The second-order valence-corrected chi connectivity index (χ2v) is 5.51. The minimum Gasteiger partial charge on any atom is -0.388 e. The number of nitrogens with one attached hydrogen (secondary N) is 1. The summed E-state index contributed by atoms with van der Waals surface area (Å²) in [5.41, 5.74) is 3.85. The lowest BCUT2D eigenvalue weighted by Gasteiger charge is -2.23. The third kappa shape index (κ3) is 2.69. The van der Waals surface area contributed by atoms with Crippen LogP contribution >= 0.6 is 0 Å². The van der Waals surface area contributed by atoms with Crippen LogP contribution in [0.25, 0.3) is 0 Å². The molecule has 21 heavy (non-hydrogen) atoms. The molecule has 0 aliphatic carbocycles. The van der Waals surface area contributed by atoms with Gasteiger partial charge in [-0.15, -0.1) is 0 Å². The van der Waals surface area contributed by atoms with E-state index in [1.807, 2.05) is 36.4 Å². The lowest BCUT2D eigenvalue weighted by atomic mass is 9.86. The van der Waals surface area contributed by atoms with Crippen LogP contribution in [0, 0.1) is 0 Å². The van der Waals surface area contributed by atoms with E-state index in [0.29, 0.717) is 6.42 Å². The minimum atomic E-state index is -0.557. The lowest BCUT2D eigenvalue weighted by molar-refractivity contribution is -0.115. The first-order valence-electron chi connectivity index (χ1n) is 7.34. The number of carbonyl (C=O) groups is 1. The van der Waals surface area contributed by atoms with Gasteiger partial charge in [0, 0.05) is 11.6 Å². The quantitative estimate of drug-likeness (QED) is 0.902. The van der Waals surface area contributed by atoms with Gasteiger partial charge in [-0.25, -0.2) is 0 Å². The number of rotatable bonds is 4. The molecule has 2 aromatic carbocycles. The van der Waals surface area contributed by atoms with Crippen molar-refractivity contribution in [2.45, 2.75) is 31.8 Å². The van der Waals surface area contributed by atoms with Crippen LogP contribution in [0.4, 0.5) is 5.69 Å². The summed E-state index contributed by atoms with van der Waals surface area (Å²) in [5, 5.41) is 13.5. The molecule has 0 fully saturated rings. The summed E-state index contributed by atoms with van der Waals surface area (Å²) < 4.78 is 0. The van der Waals surface area contributed by atoms with Crippen LogP contribution in [0.1, 0.15) is 42.1 Å². The first-order valence-corrected chi connectivity index (χ1v) is 7.34. The van der Waals surface area contributed by atoms with Gasteiger partial charge < -0.3 is 10.4 Å². The normalized spacial score (nSPS) is 16.2. The smallest absolute Gasteiger partial charge is 0.228 e. The molecule has 0 spiro atoms. The first-order chi connectivity index (χ1) is 10.2. The van der Waals surface area contributed by atoms with Crippen molar-refractivity contribution in [3.05, 3.63) is 65.2 Å². The Morgan fingerprint density at radius 2 is 1.90 bits per heavy atom. The topological polar surface area (TPSA) is 49.3 Å². The van der Waals surface area contributed by atoms with E-state index in [9.17, 15) is 9.90 Å². The second-order valence-electron chi connectivity index (χ2n) is 5.51. The maximum atomic E-state index is 11.4. The summed E-state index contributed by atoms with van der Waals surface area (Å²) in [5.74, 6) is 0.0843. The fourth-order valence-electron chi connectivity index (χ4n) is 3.01. The van der Waals surface area contributed by atoms with Crippen LogP contribution < -0.4 is 5.32 Å². The molecule has 3 rings (SSSR count). The van der Waals surface area contributed by atoms with Crippen LogP contribution in [-0.2, 0) is 11.2 Å². The Balaban J connectivity index is 1.89. The molecule has 0 bridgehead atoms. The number of hydrogen-bond donors (Lipinski definition) is 2. The van der Waals surface area contributed by atoms with Gasteiger partial charge in [0.1, 0.15) is 0 Å². The van der Waals surface area contributed by atoms with Crippen LogP contribution in [0.3, 0.4) is 0 Å². The predicted molar refractivity (Wildman–Crippen MR) is 83.2 cm³/mol. The molecule has 3 nitrogen and oxygen atoms in total. The van der Waals surface area contributed by atoms with Crippen molar-refractivity contribution in [1.29, 1.82) is 0 Å². The molecule has 2 atom stereocenters. The largest absolute Gasteiger partial charge is 0.388 e. The Hall–Kier alpha value is -2.13. The zero-order valence-electron chi connectivity index (χ0n) is 12.0. The van der Waals surface area contributed by atoms with Gasteiger partial charge in [-0.1, -0.05) is 49.4 Å². The van der Waals surface area contributed by atoms with Crippen molar-refractivity contribution in [1.82, 2.24) is 0 Å². The van der Waals surface area contributed by atoms with E-state index in [0.717, 1.165) is 28.8 Å². The van der Waals surface area contributed by atoms with Gasteiger partial charge in [-0.3, -0.25) is 4.79 Å². The molecule has 1 aliphatic rings. The van der Waals surface area contributed by atoms with Gasteiger partial charge in [-0.2, -0.15) is 0 Å². The molecule has 1 amide bonds. The second kappa shape index (κ2) is 5.70. The van der Waals surface area contributed by atoms with E-state index in [1.165, 1.54) is 0 Å². The number of carbonyl (C=O) groups excluding carboxylic acids is 1. The molecular formula is C18H19NO2. The number of fused-ring (bicyclic) bond motifs is 1. The number of aliphatic hydroxyl groups excluding tert-OH is 1. The highest BCUT2D eigenvalue weighted by atomic mass is 16.3. The summed E-state index contributed by atoms with van der Waals surface area (Å²) in [4.78, 5) is 11.4. The van der Waals surface area contributed by atoms with Crippen molar-refractivity contribution < 1.29 is 9.90 Å². The molecule has 2 unspecified atom stereocenters. The fourth-order valence-corrected chi connectivity index (χ4v) is 3.01. The van der Waals surface area contributed by atoms with E-state index in [1.54, 1.807) is 0 Å². The van der Waals surface area contributed by atoms with E-state index < -0.39 is 6.10 Å². The van der Waals surface area contributed by atoms with Crippen molar-refractivity contribution >= 4 is 11.6 Å². The maximum Gasteiger partial charge on any atom is 0.228 e. The van der Waals surface area contributed by atoms with Crippen molar-refractivity contribution in [2.75, 3.05) is 5.32 Å². The minimum absolute atomic E-state index is 0.0201. The number of hydrogen-bond acceptors (Lipinski definition) is 2. The summed E-state index contributed by atoms with van der Waals surface area (Å²) >= 11 is 0. The summed E-state index contributed by atoms with van der Waals surface area (Å²) in [6.07, 6.45) is 0.704. The van der Waals surface area contributed by atoms with Gasteiger partial charge in [0.05, 0.1) is 12.5 Å². The number of aliphatic hydroxyl groups is 1. The molecule has 0 radical (unpaired) electrons. The molecule has 2 N–H and O–H groups in total. The third-order valence-corrected chi connectivity index (χ3v) is 4.14. The Morgan fingerprint density at radius 1 is 1.14 bits per heavy atom. The van der Waals surface area contributed by atoms with E-state index in [4.69, 9.17) is 0 Å². The highest BCUT2D eigenvalue weighted by Crippen LogP contribution is 2.35. The molecule has 0 saturated carbocycles. The van der Waals surface area contributed by atoms with E-state index in [2.05, 4.69) is 24.4 Å². The average Bonchev–Trinajstić information content (AvgIpc) is 2.88.